The molecule has 1 aromatic heterocycles. The average molecular weight is 355 g/mol. The van der Waals surface area contributed by atoms with Crippen LogP contribution in [0.3, 0.4) is 0 Å². The number of aliphatic imine (C=N–C) groups is 1. The van der Waals surface area contributed by atoms with Crippen LogP contribution in [0, 0.1) is 5.92 Å². The molecule has 0 spiro atoms. The summed E-state index contributed by atoms with van der Waals surface area (Å²) in [5, 5.41) is 7.64. The molecule has 0 bridgehead atoms. The summed E-state index contributed by atoms with van der Waals surface area (Å²) in [6, 6.07) is 10.5. The van der Waals surface area contributed by atoms with Crippen LogP contribution in [0.25, 0.3) is 0 Å². The highest BCUT2D eigenvalue weighted by Gasteiger charge is 2.29. The van der Waals surface area contributed by atoms with Gasteiger partial charge in [0.15, 0.2) is 5.96 Å². The Hall–Kier alpha value is -2.34. The molecule has 140 valence electrons. The number of aromatic nitrogens is 2. The zero-order chi connectivity index (χ0) is 18.4. The fourth-order valence-corrected chi connectivity index (χ4v) is 3.41. The maximum absolute atomic E-state index is 5.99. The summed E-state index contributed by atoms with van der Waals surface area (Å²) in [5.74, 6) is 1.34. The van der Waals surface area contributed by atoms with E-state index in [4.69, 9.17) is 9.73 Å². The lowest BCUT2D eigenvalue weighted by Crippen LogP contribution is -2.38. The van der Waals surface area contributed by atoms with Gasteiger partial charge < -0.3 is 15.0 Å². The molecule has 1 aliphatic heterocycles. The first-order valence-corrected chi connectivity index (χ1v) is 9.31. The Morgan fingerprint density at radius 2 is 2.19 bits per heavy atom. The molecule has 6 nitrogen and oxygen atoms in total. The van der Waals surface area contributed by atoms with Crippen LogP contribution in [0.5, 0.6) is 0 Å². The topological polar surface area (TPSA) is 54.7 Å². The molecule has 3 rings (SSSR count). The first-order chi connectivity index (χ1) is 12.7. The molecular formula is C20H29N5O. The molecule has 1 N–H and O–H groups in total. The van der Waals surface area contributed by atoms with Crippen molar-refractivity contribution in [3.05, 3.63) is 53.9 Å². The minimum Gasteiger partial charge on any atom is -0.373 e. The lowest BCUT2D eigenvalue weighted by atomic mass is 9.95. The quantitative estimate of drug-likeness (QED) is 0.639. The average Bonchev–Trinajstić information content (AvgIpc) is 3.28. The standard InChI is InChI=1S/C20H29N5O/c1-4-21-20(24(2)14-16-12-23-25(3)15-16)22-13-18-10-11-26-19(18)17-8-6-5-7-9-17/h5-9,12,15,18-19H,4,10-11,13-14H2,1-3H3,(H,21,22). The van der Waals surface area contributed by atoms with E-state index in [2.05, 4.69) is 53.6 Å². The second kappa shape index (κ2) is 8.85. The van der Waals surface area contributed by atoms with Crippen molar-refractivity contribution in [2.75, 3.05) is 26.7 Å². The summed E-state index contributed by atoms with van der Waals surface area (Å²) in [5.41, 5.74) is 2.42. The van der Waals surface area contributed by atoms with E-state index in [1.807, 2.05) is 30.2 Å². The van der Waals surface area contributed by atoms with E-state index < -0.39 is 0 Å². The van der Waals surface area contributed by atoms with Gasteiger partial charge in [-0.1, -0.05) is 30.3 Å². The van der Waals surface area contributed by atoms with Crippen molar-refractivity contribution in [2.24, 2.45) is 18.0 Å². The largest absolute Gasteiger partial charge is 0.373 e. The SMILES string of the molecule is CCNC(=NCC1CCOC1c1ccccc1)N(C)Cc1cnn(C)c1. The molecule has 0 saturated carbocycles. The lowest BCUT2D eigenvalue weighted by molar-refractivity contribution is 0.0925. The van der Waals surface area contributed by atoms with Gasteiger partial charge in [0, 0.05) is 58.0 Å². The van der Waals surface area contributed by atoms with Gasteiger partial charge in [-0.2, -0.15) is 5.10 Å². The van der Waals surface area contributed by atoms with Crippen molar-refractivity contribution in [2.45, 2.75) is 26.0 Å². The summed E-state index contributed by atoms with van der Waals surface area (Å²) in [4.78, 5) is 7.05. The number of ether oxygens (including phenoxy) is 1. The maximum Gasteiger partial charge on any atom is 0.193 e. The molecule has 1 aliphatic rings. The third kappa shape index (κ3) is 4.64. The second-order valence-electron chi connectivity index (χ2n) is 6.82. The minimum atomic E-state index is 0.145. The number of benzene rings is 1. The highest BCUT2D eigenvalue weighted by Crippen LogP contribution is 2.34. The van der Waals surface area contributed by atoms with Crippen LogP contribution < -0.4 is 5.32 Å². The number of aryl methyl sites for hydroxylation is 1. The van der Waals surface area contributed by atoms with Gasteiger partial charge in [0.1, 0.15) is 0 Å². The van der Waals surface area contributed by atoms with Gasteiger partial charge in [-0.25, -0.2) is 0 Å². The molecule has 6 heteroatoms. The van der Waals surface area contributed by atoms with Gasteiger partial charge >= 0.3 is 0 Å². The van der Waals surface area contributed by atoms with Crippen LogP contribution in [0.4, 0.5) is 0 Å². The first kappa shape index (κ1) is 18.5. The van der Waals surface area contributed by atoms with Gasteiger partial charge in [-0.3, -0.25) is 9.67 Å². The monoisotopic (exact) mass is 355 g/mol. The van der Waals surface area contributed by atoms with Gasteiger partial charge in [0.25, 0.3) is 0 Å². The minimum absolute atomic E-state index is 0.145. The normalized spacial score (nSPS) is 20.3. The molecule has 2 unspecified atom stereocenters. The van der Waals surface area contributed by atoms with E-state index in [-0.39, 0.29) is 6.10 Å². The number of nitrogens with one attached hydrogen (secondary N) is 1. The third-order valence-electron chi connectivity index (χ3n) is 4.69. The number of hydrogen-bond acceptors (Lipinski definition) is 3. The Balaban J connectivity index is 1.66. The van der Waals surface area contributed by atoms with Crippen LogP contribution in [0.2, 0.25) is 0 Å². The van der Waals surface area contributed by atoms with Gasteiger partial charge in [-0.15, -0.1) is 0 Å². The fraction of sp³-hybridized carbons (Fsp3) is 0.500. The highest BCUT2D eigenvalue weighted by atomic mass is 16.5. The van der Waals surface area contributed by atoms with Crippen LogP contribution >= 0.6 is 0 Å². The molecule has 1 saturated heterocycles. The van der Waals surface area contributed by atoms with Crippen LogP contribution in [-0.2, 0) is 18.3 Å². The van der Waals surface area contributed by atoms with Crippen molar-refractivity contribution in [1.29, 1.82) is 0 Å². The summed E-state index contributed by atoms with van der Waals surface area (Å²) < 4.78 is 7.82. The molecule has 1 fully saturated rings. The molecule has 2 heterocycles. The first-order valence-electron chi connectivity index (χ1n) is 9.31. The van der Waals surface area contributed by atoms with Crippen molar-refractivity contribution >= 4 is 5.96 Å². The van der Waals surface area contributed by atoms with Gasteiger partial charge in [0.2, 0.25) is 0 Å². The van der Waals surface area contributed by atoms with Crippen molar-refractivity contribution < 1.29 is 4.74 Å². The molecule has 0 aliphatic carbocycles. The smallest absolute Gasteiger partial charge is 0.193 e. The van der Waals surface area contributed by atoms with Crippen LogP contribution in [0.15, 0.2) is 47.7 Å². The number of rotatable bonds is 6. The zero-order valence-corrected chi connectivity index (χ0v) is 15.9. The Kier molecular flexibility index (Phi) is 6.28. The third-order valence-corrected chi connectivity index (χ3v) is 4.69. The highest BCUT2D eigenvalue weighted by molar-refractivity contribution is 5.79. The molecule has 2 aromatic rings. The van der Waals surface area contributed by atoms with E-state index >= 15 is 0 Å². The predicted octanol–water partition coefficient (Wildman–Crippen LogP) is 2.60. The Morgan fingerprint density at radius 1 is 1.38 bits per heavy atom. The van der Waals surface area contributed by atoms with Gasteiger partial charge in [-0.05, 0) is 18.9 Å². The molecule has 0 amide bonds. The summed E-state index contributed by atoms with van der Waals surface area (Å²) >= 11 is 0. The summed E-state index contributed by atoms with van der Waals surface area (Å²) in [7, 11) is 4.00. The number of guanidine groups is 1. The molecule has 0 radical (unpaired) electrons. The fourth-order valence-electron chi connectivity index (χ4n) is 3.41. The predicted molar refractivity (Wildman–Crippen MR) is 104 cm³/mol. The number of nitrogens with zero attached hydrogens (tertiary/aromatic N) is 4. The van der Waals surface area contributed by atoms with E-state index in [0.717, 1.165) is 38.6 Å². The molecule has 26 heavy (non-hydrogen) atoms. The Bertz CT molecular complexity index is 712. The van der Waals surface area contributed by atoms with Crippen molar-refractivity contribution in [3.63, 3.8) is 0 Å². The van der Waals surface area contributed by atoms with Crippen LogP contribution in [0.1, 0.15) is 30.6 Å². The summed E-state index contributed by atoms with van der Waals surface area (Å²) in [6.45, 7) is 5.29. The maximum atomic E-state index is 5.99. The van der Waals surface area contributed by atoms with Crippen molar-refractivity contribution in [3.8, 4) is 0 Å². The molecule has 1 aromatic carbocycles. The van der Waals surface area contributed by atoms with E-state index in [9.17, 15) is 0 Å². The van der Waals surface area contributed by atoms with Gasteiger partial charge in [0.05, 0.1) is 12.3 Å². The number of hydrogen-bond donors (Lipinski definition) is 1. The van der Waals surface area contributed by atoms with Crippen LogP contribution in [-0.4, -0.2) is 47.4 Å². The molecular weight excluding hydrogens is 326 g/mol. The van der Waals surface area contributed by atoms with Crippen molar-refractivity contribution in [1.82, 2.24) is 20.0 Å². The Labute approximate surface area is 155 Å². The summed E-state index contributed by atoms with van der Waals surface area (Å²) in [6.07, 6.45) is 5.13. The molecule has 2 atom stereocenters. The zero-order valence-electron chi connectivity index (χ0n) is 15.9. The lowest BCUT2D eigenvalue weighted by Gasteiger charge is -2.23. The second-order valence-corrected chi connectivity index (χ2v) is 6.82. The van der Waals surface area contributed by atoms with E-state index in [0.29, 0.717) is 5.92 Å². The van der Waals surface area contributed by atoms with E-state index in [1.165, 1.54) is 11.1 Å². The Morgan fingerprint density at radius 3 is 2.88 bits per heavy atom. The van der Waals surface area contributed by atoms with E-state index in [1.54, 1.807) is 0 Å².